The van der Waals surface area contributed by atoms with Crippen LogP contribution in [0.15, 0.2) is 48.7 Å². The molecule has 0 saturated carbocycles. The summed E-state index contributed by atoms with van der Waals surface area (Å²) in [6.45, 7) is 0.117. The van der Waals surface area contributed by atoms with Crippen LogP contribution in [0.1, 0.15) is 5.69 Å². The fraction of sp³-hybridized carbons (Fsp3) is 0.118. The molecule has 5 N–H and O–H groups in total. The Morgan fingerprint density at radius 2 is 1.92 bits per heavy atom. The Balaban J connectivity index is 1.50. The number of hydrogen-bond donors (Lipinski definition) is 4. The van der Waals surface area contributed by atoms with Crippen molar-refractivity contribution in [2.75, 3.05) is 11.9 Å². The third kappa shape index (κ3) is 4.47. The fourth-order valence-electron chi connectivity index (χ4n) is 2.20. The summed E-state index contributed by atoms with van der Waals surface area (Å²) in [4.78, 5) is 30.0. The normalized spacial score (nSPS) is 10.4. The number of aromatic nitrogens is 2. The molecular formula is C17H17N5O3. The van der Waals surface area contributed by atoms with Crippen LogP contribution in [0.4, 0.5) is 10.5 Å². The van der Waals surface area contributed by atoms with Gasteiger partial charge in [-0.1, -0.05) is 0 Å². The molecule has 0 aliphatic carbocycles. The summed E-state index contributed by atoms with van der Waals surface area (Å²) in [7, 11) is 0. The molecule has 0 spiro atoms. The number of urea groups is 1. The molecule has 25 heavy (non-hydrogen) atoms. The minimum Gasteiger partial charge on any atom is -0.484 e. The van der Waals surface area contributed by atoms with Gasteiger partial charge < -0.3 is 26.1 Å². The zero-order valence-electron chi connectivity index (χ0n) is 13.3. The SMILES string of the molecule is NC(=O)COc1ccc(NC(=O)NCc2ccc3cc[nH]c3n2)cc1. The molecule has 2 heterocycles. The number of carbonyl (C=O) groups is 2. The third-order valence-electron chi connectivity index (χ3n) is 3.39. The maximum atomic E-state index is 11.9. The maximum Gasteiger partial charge on any atom is 0.319 e. The number of H-pyrrole nitrogens is 1. The number of primary amides is 1. The summed E-state index contributed by atoms with van der Waals surface area (Å²) < 4.78 is 5.15. The topological polar surface area (TPSA) is 122 Å². The second-order valence-electron chi connectivity index (χ2n) is 5.31. The number of nitrogens with two attached hydrogens (primary N) is 1. The number of carbonyl (C=O) groups excluding carboxylic acids is 2. The van der Waals surface area contributed by atoms with Gasteiger partial charge in [-0.3, -0.25) is 4.79 Å². The Hall–Kier alpha value is -3.55. The van der Waals surface area contributed by atoms with Crippen LogP contribution < -0.4 is 21.1 Å². The summed E-state index contributed by atoms with van der Waals surface area (Å²) in [6, 6.07) is 12.0. The molecule has 8 nitrogen and oxygen atoms in total. The van der Waals surface area contributed by atoms with E-state index in [9.17, 15) is 9.59 Å². The van der Waals surface area contributed by atoms with Crippen LogP contribution in [0.2, 0.25) is 0 Å². The van der Waals surface area contributed by atoms with Crippen LogP contribution in [0.3, 0.4) is 0 Å². The summed E-state index contributed by atoms with van der Waals surface area (Å²) in [6.07, 6.45) is 1.82. The van der Waals surface area contributed by atoms with Crippen molar-refractivity contribution < 1.29 is 14.3 Å². The molecule has 3 aromatic rings. The Labute approximate surface area is 143 Å². The number of ether oxygens (including phenoxy) is 1. The highest BCUT2D eigenvalue weighted by Crippen LogP contribution is 2.15. The molecule has 0 radical (unpaired) electrons. The molecule has 0 fully saturated rings. The smallest absolute Gasteiger partial charge is 0.319 e. The van der Waals surface area contributed by atoms with Crippen LogP contribution in [0.5, 0.6) is 5.75 Å². The van der Waals surface area contributed by atoms with Crippen molar-refractivity contribution in [2.24, 2.45) is 5.73 Å². The molecule has 3 amide bonds. The fourth-order valence-corrected chi connectivity index (χ4v) is 2.20. The van der Waals surface area contributed by atoms with Crippen molar-refractivity contribution in [3.05, 3.63) is 54.4 Å². The van der Waals surface area contributed by atoms with Gasteiger partial charge in [0.05, 0.1) is 12.2 Å². The van der Waals surface area contributed by atoms with E-state index in [-0.39, 0.29) is 12.6 Å². The predicted molar refractivity (Wildman–Crippen MR) is 93.1 cm³/mol. The van der Waals surface area contributed by atoms with E-state index in [0.29, 0.717) is 18.0 Å². The van der Waals surface area contributed by atoms with Crippen LogP contribution >= 0.6 is 0 Å². The number of amides is 3. The molecule has 0 saturated heterocycles. The molecular weight excluding hydrogens is 322 g/mol. The zero-order chi connectivity index (χ0) is 17.6. The molecule has 0 aliphatic heterocycles. The molecule has 0 aliphatic rings. The Kier molecular flexibility index (Phi) is 4.79. The lowest BCUT2D eigenvalue weighted by molar-refractivity contribution is -0.119. The number of nitrogens with one attached hydrogen (secondary N) is 3. The van der Waals surface area contributed by atoms with E-state index in [4.69, 9.17) is 10.5 Å². The molecule has 1 aromatic carbocycles. The number of nitrogens with zero attached hydrogens (tertiary/aromatic N) is 1. The summed E-state index contributed by atoms with van der Waals surface area (Å²) in [5, 5.41) is 6.46. The van der Waals surface area contributed by atoms with Crippen molar-refractivity contribution in [1.29, 1.82) is 0 Å². The number of fused-ring (bicyclic) bond motifs is 1. The average molecular weight is 339 g/mol. The van der Waals surface area contributed by atoms with E-state index >= 15 is 0 Å². The largest absolute Gasteiger partial charge is 0.484 e. The zero-order valence-corrected chi connectivity index (χ0v) is 13.3. The highest BCUT2D eigenvalue weighted by molar-refractivity contribution is 5.89. The number of anilines is 1. The summed E-state index contributed by atoms with van der Waals surface area (Å²) in [5.41, 5.74) is 7.13. The summed E-state index contributed by atoms with van der Waals surface area (Å²) >= 11 is 0. The minimum absolute atomic E-state index is 0.189. The highest BCUT2D eigenvalue weighted by atomic mass is 16.5. The standard InChI is InChI=1S/C17H17N5O3/c18-15(23)10-25-14-5-3-12(4-6-14)22-17(24)20-9-13-2-1-11-7-8-19-16(11)21-13/h1-8H,9-10H2,(H2,18,23)(H,19,21)(H2,20,22,24). The number of pyridine rings is 1. The van der Waals surface area contributed by atoms with Gasteiger partial charge in [0.2, 0.25) is 0 Å². The molecule has 0 bridgehead atoms. The van der Waals surface area contributed by atoms with Gasteiger partial charge in [-0.2, -0.15) is 0 Å². The van der Waals surface area contributed by atoms with E-state index in [1.807, 2.05) is 24.4 Å². The van der Waals surface area contributed by atoms with Gasteiger partial charge in [-0.15, -0.1) is 0 Å². The Morgan fingerprint density at radius 3 is 2.68 bits per heavy atom. The van der Waals surface area contributed by atoms with Gasteiger partial charge in [-0.05, 0) is 42.5 Å². The number of hydrogen-bond acceptors (Lipinski definition) is 4. The summed E-state index contributed by atoms with van der Waals surface area (Å²) in [5.74, 6) is -0.0547. The van der Waals surface area contributed by atoms with Crippen molar-refractivity contribution in [3.8, 4) is 5.75 Å². The van der Waals surface area contributed by atoms with Gasteiger partial charge in [0.1, 0.15) is 11.4 Å². The monoisotopic (exact) mass is 339 g/mol. The van der Waals surface area contributed by atoms with Crippen molar-refractivity contribution in [2.45, 2.75) is 6.54 Å². The van der Waals surface area contributed by atoms with Gasteiger partial charge in [0, 0.05) is 17.3 Å². The first kappa shape index (κ1) is 16.3. The first-order chi connectivity index (χ1) is 12.1. The van der Waals surface area contributed by atoms with Crippen LogP contribution in [-0.2, 0) is 11.3 Å². The van der Waals surface area contributed by atoms with Crippen molar-refractivity contribution in [3.63, 3.8) is 0 Å². The quantitative estimate of drug-likeness (QED) is 0.546. The molecule has 128 valence electrons. The third-order valence-corrected chi connectivity index (χ3v) is 3.39. The van der Waals surface area contributed by atoms with Crippen molar-refractivity contribution >= 4 is 28.7 Å². The molecule has 3 rings (SSSR count). The van der Waals surface area contributed by atoms with Gasteiger partial charge in [0.15, 0.2) is 6.61 Å². The maximum absolute atomic E-state index is 11.9. The molecule has 0 atom stereocenters. The lowest BCUT2D eigenvalue weighted by atomic mass is 10.3. The first-order valence-corrected chi connectivity index (χ1v) is 7.59. The lowest BCUT2D eigenvalue weighted by Crippen LogP contribution is -2.28. The van der Waals surface area contributed by atoms with E-state index in [1.54, 1.807) is 24.3 Å². The van der Waals surface area contributed by atoms with Gasteiger partial charge >= 0.3 is 6.03 Å². The Morgan fingerprint density at radius 1 is 1.12 bits per heavy atom. The minimum atomic E-state index is -0.548. The Bertz CT molecular complexity index is 889. The van der Waals surface area contributed by atoms with Gasteiger partial charge in [-0.25, -0.2) is 9.78 Å². The van der Waals surface area contributed by atoms with E-state index in [2.05, 4.69) is 20.6 Å². The van der Waals surface area contributed by atoms with Crippen LogP contribution in [0, 0.1) is 0 Å². The van der Waals surface area contributed by atoms with Crippen LogP contribution in [-0.4, -0.2) is 28.5 Å². The van der Waals surface area contributed by atoms with E-state index in [1.165, 1.54) is 0 Å². The number of rotatable bonds is 6. The van der Waals surface area contributed by atoms with Crippen LogP contribution in [0.25, 0.3) is 11.0 Å². The average Bonchev–Trinajstić information content (AvgIpc) is 3.07. The predicted octanol–water partition coefficient (Wildman–Crippen LogP) is 1.75. The first-order valence-electron chi connectivity index (χ1n) is 7.59. The number of benzene rings is 1. The second kappa shape index (κ2) is 7.35. The van der Waals surface area contributed by atoms with E-state index in [0.717, 1.165) is 16.7 Å². The molecule has 8 heteroatoms. The second-order valence-corrected chi connectivity index (χ2v) is 5.31. The lowest BCUT2D eigenvalue weighted by Gasteiger charge is -2.09. The highest BCUT2D eigenvalue weighted by Gasteiger charge is 2.04. The molecule has 0 unspecified atom stereocenters. The molecule has 2 aromatic heterocycles. The van der Waals surface area contributed by atoms with E-state index < -0.39 is 5.91 Å². The van der Waals surface area contributed by atoms with Gasteiger partial charge in [0.25, 0.3) is 5.91 Å². The number of aromatic amines is 1. The van der Waals surface area contributed by atoms with Crippen molar-refractivity contribution in [1.82, 2.24) is 15.3 Å².